The Morgan fingerprint density at radius 1 is 1.27 bits per heavy atom. The van der Waals surface area contributed by atoms with Gasteiger partial charge in [0.05, 0.1) is 6.61 Å². The van der Waals surface area contributed by atoms with E-state index in [1.165, 1.54) is 5.56 Å². The molecule has 2 nitrogen and oxygen atoms in total. The SMILES string of the molecule is CC#CCCOc1ccc(CNC)cc1. The molecule has 1 aromatic rings. The molecule has 80 valence electrons. The van der Waals surface area contributed by atoms with Crippen molar-refractivity contribution in [2.75, 3.05) is 13.7 Å². The van der Waals surface area contributed by atoms with Gasteiger partial charge in [0, 0.05) is 13.0 Å². The number of nitrogens with one attached hydrogen (secondary N) is 1. The summed E-state index contributed by atoms with van der Waals surface area (Å²) in [5, 5.41) is 3.10. The summed E-state index contributed by atoms with van der Waals surface area (Å²) in [7, 11) is 1.94. The molecule has 2 heteroatoms. The highest BCUT2D eigenvalue weighted by Gasteiger charge is 1.93. The Labute approximate surface area is 91.6 Å². The zero-order valence-corrected chi connectivity index (χ0v) is 9.34. The lowest BCUT2D eigenvalue weighted by atomic mass is 10.2. The van der Waals surface area contributed by atoms with Gasteiger partial charge in [-0.2, -0.15) is 0 Å². The molecule has 0 unspecified atom stereocenters. The third kappa shape index (κ3) is 4.53. The maximum atomic E-state index is 5.52. The van der Waals surface area contributed by atoms with E-state index in [1.807, 2.05) is 26.1 Å². The van der Waals surface area contributed by atoms with Crippen LogP contribution in [0.3, 0.4) is 0 Å². The summed E-state index contributed by atoms with van der Waals surface area (Å²) in [5.41, 5.74) is 1.26. The molecule has 0 atom stereocenters. The molecule has 1 rings (SSSR count). The van der Waals surface area contributed by atoms with Gasteiger partial charge in [0.1, 0.15) is 5.75 Å². The fraction of sp³-hybridized carbons (Fsp3) is 0.385. The highest BCUT2D eigenvalue weighted by molar-refractivity contribution is 5.27. The molecule has 0 aromatic heterocycles. The maximum absolute atomic E-state index is 5.52. The molecule has 0 radical (unpaired) electrons. The van der Waals surface area contributed by atoms with Crippen LogP contribution in [0.1, 0.15) is 18.9 Å². The molecule has 0 heterocycles. The normalized spacial score (nSPS) is 9.20. The second-order valence-corrected chi connectivity index (χ2v) is 3.20. The zero-order valence-electron chi connectivity index (χ0n) is 9.34. The summed E-state index contributed by atoms with van der Waals surface area (Å²) in [6.07, 6.45) is 0.786. The predicted molar refractivity (Wildman–Crippen MR) is 62.8 cm³/mol. The molecule has 0 bridgehead atoms. The molecule has 0 spiro atoms. The topological polar surface area (TPSA) is 21.3 Å². The van der Waals surface area contributed by atoms with Crippen LogP contribution in [-0.2, 0) is 6.54 Å². The molecule has 0 aliphatic heterocycles. The van der Waals surface area contributed by atoms with E-state index in [9.17, 15) is 0 Å². The fourth-order valence-corrected chi connectivity index (χ4v) is 1.25. The van der Waals surface area contributed by atoms with Gasteiger partial charge in [-0.25, -0.2) is 0 Å². The average Bonchev–Trinajstić information content (AvgIpc) is 2.27. The van der Waals surface area contributed by atoms with Gasteiger partial charge in [0.25, 0.3) is 0 Å². The summed E-state index contributed by atoms with van der Waals surface area (Å²) >= 11 is 0. The van der Waals surface area contributed by atoms with E-state index in [0.29, 0.717) is 6.61 Å². The Morgan fingerprint density at radius 3 is 2.60 bits per heavy atom. The molecular weight excluding hydrogens is 186 g/mol. The molecule has 1 aromatic carbocycles. The van der Waals surface area contributed by atoms with Crippen molar-refractivity contribution in [1.82, 2.24) is 5.32 Å². The first kappa shape index (κ1) is 11.6. The number of hydrogen-bond donors (Lipinski definition) is 1. The van der Waals surface area contributed by atoms with Crippen LogP contribution in [0.2, 0.25) is 0 Å². The van der Waals surface area contributed by atoms with Gasteiger partial charge in [-0.1, -0.05) is 12.1 Å². The van der Waals surface area contributed by atoms with Crippen molar-refractivity contribution in [3.8, 4) is 17.6 Å². The fourth-order valence-electron chi connectivity index (χ4n) is 1.25. The summed E-state index contributed by atoms with van der Waals surface area (Å²) in [6, 6.07) is 8.12. The van der Waals surface area contributed by atoms with Crippen molar-refractivity contribution in [3.63, 3.8) is 0 Å². The van der Waals surface area contributed by atoms with Crippen LogP contribution >= 0.6 is 0 Å². The summed E-state index contributed by atoms with van der Waals surface area (Å²) in [5.74, 6) is 6.72. The Hall–Kier alpha value is -1.46. The van der Waals surface area contributed by atoms with Gasteiger partial charge in [-0.05, 0) is 31.7 Å². The maximum Gasteiger partial charge on any atom is 0.119 e. The third-order valence-electron chi connectivity index (χ3n) is 1.98. The Balaban J connectivity index is 2.38. The molecule has 1 N–H and O–H groups in total. The van der Waals surface area contributed by atoms with E-state index >= 15 is 0 Å². The minimum Gasteiger partial charge on any atom is -0.493 e. The van der Waals surface area contributed by atoms with E-state index < -0.39 is 0 Å². The van der Waals surface area contributed by atoms with Crippen molar-refractivity contribution < 1.29 is 4.74 Å². The van der Waals surface area contributed by atoms with Crippen molar-refractivity contribution in [2.24, 2.45) is 0 Å². The van der Waals surface area contributed by atoms with Crippen molar-refractivity contribution in [2.45, 2.75) is 19.9 Å². The van der Waals surface area contributed by atoms with E-state index in [0.717, 1.165) is 18.7 Å². The second kappa shape index (κ2) is 6.92. The lowest BCUT2D eigenvalue weighted by Gasteiger charge is -2.05. The molecule has 0 saturated carbocycles. The first-order chi connectivity index (χ1) is 7.36. The number of rotatable bonds is 5. The molecule has 0 aliphatic rings. The van der Waals surface area contributed by atoms with Crippen molar-refractivity contribution in [1.29, 1.82) is 0 Å². The van der Waals surface area contributed by atoms with Crippen LogP contribution in [0.4, 0.5) is 0 Å². The van der Waals surface area contributed by atoms with Crippen LogP contribution in [0.15, 0.2) is 24.3 Å². The highest BCUT2D eigenvalue weighted by Crippen LogP contribution is 2.12. The zero-order chi connectivity index (χ0) is 10.9. The Kier molecular flexibility index (Phi) is 5.35. The van der Waals surface area contributed by atoms with Gasteiger partial charge in [0.2, 0.25) is 0 Å². The van der Waals surface area contributed by atoms with Gasteiger partial charge in [-0.15, -0.1) is 11.8 Å². The third-order valence-corrected chi connectivity index (χ3v) is 1.98. The minimum absolute atomic E-state index is 0.659. The standard InChI is InChI=1S/C13H17NO/c1-3-4-5-10-15-13-8-6-12(7-9-13)11-14-2/h6-9,14H,5,10-11H2,1-2H3. The van der Waals surface area contributed by atoms with Crippen LogP contribution < -0.4 is 10.1 Å². The Morgan fingerprint density at radius 2 is 2.00 bits per heavy atom. The quantitative estimate of drug-likeness (QED) is 0.585. The van der Waals surface area contributed by atoms with Crippen LogP contribution in [0.25, 0.3) is 0 Å². The van der Waals surface area contributed by atoms with E-state index in [-0.39, 0.29) is 0 Å². The molecule has 0 fully saturated rings. The number of ether oxygens (including phenoxy) is 1. The minimum atomic E-state index is 0.659. The summed E-state index contributed by atoms with van der Waals surface area (Å²) in [6.45, 7) is 3.39. The molecular formula is C13H17NO. The van der Waals surface area contributed by atoms with Gasteiger partial charge < -0.3 is 10.1 Å². The van der Waals surface area contributed by atoms with E-state index in [1.54, 1.807) is 0 Å². The van der Waals surface area contributed by atoms with Gasteiger partial charge in [0.15, 0.2) is 0 Å². The van der Waals surface area contributed by atoms with Crippen LogP contribution in [-0.4, -0.2) is 13.7 Å². The first-order valence-electron chi connectivity index (χ1n) is 5.12. The summed E-state index contributed by atoms with van der Waals surface area (Å²) in [4.78, 5) is 0. The van der Waals surface area contributed by atoms with Gasteiger partial charge >= 0.3 is 0 Å². The Bertz CT molecular complexity index is 332. The average molecular weight is 203 g/mol. The molecule has 0 aliphatic carbocycles. The van der Waals surface area contributed by atoms with Crippen LogP contribution in [0.5, 0.6) is 5.75 Å². The lowest BCUT2D eigenvalue weighted by molar-refractivity contribution is 0.327. The van der Waals surface area contributed by atoms with Crippen molar-refractivity contribution in [3.05, 3.63) is 29.8 Å². The number of benzene rings is 1. The van der Waals surface area contributed by atoms with Crippen molar-refractivity contribution >= 4 is 0 Å². The van der Waals surface area contributed by atoms with Gasteiger partial charge in [-0.3, -0.25) is 0 Å². The van der Waals surface area contributed by atoms with Crippen LogP contribution in [0, 0.1) is 11.8 Å². The molecule has 0 amide bonds. The van der Waals surface area contributed by atoms with E-state index in [4.69, 9.17) is 4.74 Å². The monoisotopic (exact) mass is 203 g/mol. The largest absolute Gasteiger partial charge is 0.493 e. The van der Waals surface area contributed by atoms with E-state index in [2.05, 4.69) is 29.3 Å². The lowest BCUT2D eigenvalue weighted by Crippen LogP contribution is -2.04. The summed E-state index contributed by atoms with van der Waals surface area (Å²) < 4.78 is 5.52. The predicted octanol–water partition coefficient (Wildman–Crippen LogP) is 2.20. The number of hydrogen-bond acceptors (Lipinski definition) is 2. The molecule has 15 heavy (non-hydrogen) atoms. The molecule has 0 saturated heterocycles. The highest BCUT2D eigenvalue weighted by atomic mass is 16.5. The second-order valence-electron chi connectivity index (χ2n) is 3.20. The first-order valence-corrected chi connectivity index (χ1v) is 5.12. The smallest absolute Gasteiger partial charge is 0.119 e.